The molecular weight excluding hydrogens is 200 g/mol. The first-order valence-corrected chi connectivity index (χ1v) is 5.54. The number of benzene rings is 1. The van der Waals surface area contributed by atoms with Crippen LogP contribution in [0.4, 0.5) is 0 Å². The van der Waals surface area contributed by atoms with E-state index >= 15 is 0 Å². The first kappa shape index (κ1) is 10.9. The van der Waals surface area contributed by atoms with Crippen molar-refractivity contribution in [3.8, 4) is 0 Å². The molecule has 0 aliphatic rings. The van der Waals surface area contributed by atoms with Gasteiger partial charge in [-0.15, -0.1) is 0 Å². The first-order valence-electron chi connectivity index (χ1n) is 5.54. The molecule has 1 heterocycles. The van der Waals surface area contributed by atoms with Crippen molar-refractivity contribution in [3.05, 3.63) is 35.1 Å². The summed E-state index contributed by atoms with van der Waals surface area (Å²) in [6.45, 7) is 7.78. The summed E-state index contributed by atoms with van der Waals surface area (Å²) in [6.07, 6.45) is 0. The predicted octanol–water partition coefficient (Wildman–Crippen LogP) is 4.07. The van der Waals surface area contributed by atoms with Gasteiger partial charge in [-0.05, 0) is 30.5 Å². The topological polar surface area (TPSA) is 30.2 Å². The van der Waals surface area contributed by atoms with E-state index in [1.54, 1.807) is 0 Å². The van der Waals surface area contributed by atoms with Gasteiger partial charge in [-0.25, -0.2) is 0 Å². The molecule has 0 radical (unpaired) electrons. The summed E-state index contributed by atoms with van der Waals surface area (Å²) < 4.78 is 5.55. The van der Waals surface area contributed by atoms with Gasteiger partial charge >= 0.3 is 0 Å². The summed E-state index contributed by atoms with van der Waals surface area (Å²) in [4.78, 5) is 11.4. The highest BCUT2D eigenvalue weighted by molar-refractivity contribution is 5.98. The lowest BCUT2D eigenvalue weighted by molar-refractivity contribution is 0.0988. The Labute approximate surface area is 95.3 Å². The molecule has 84 valence electrons. The number of hydrogen-bond acceptors (Lipinski definition) is 2. The number of carbonyl (C=O) groups is 1. The fourth-order valence-corrected chi connectivity index (χ4v) is 1.93. The van der Waals surface area contributed by atoms with Gasteiger partial charge in [0.2, 0.25) is 0 Å². The number of Topliss-reactive ketones (excluding diaryl/α,β-unsaturated/α-hetero) is 1. The molecule has 1 aromatic carbocycles. The molecule has 0 bridgehead atoms. The van der Waals surface area contributed by atoms with Crippen molar-refractivity contribution >= 4 is 16.8 Å². The lowest BCUT2D eigenvalue weighted by Gasteiger charge is -2.04. The Bertz CT molecular complexity index is 547. The second-order valence-electron chi connectivity index (χ2n) is 4.52. The summed E-state index contributed by atoms with van der Waals surface area (Å²) in [5.41, 5.74) is 3.02. The maximum atomic E-state index is 11.4. The minimum atomic E-state index is -0.0141. The predicted molar refractivity (Wildman–Crippen MR) is 65.0 cm³/mol. The molecular formula is C14H16O2. The first-order chi connectivity index (χ1) is 7.50. The van der Waals surface area contributed by atoms with E-state index in [9.17, 15) is 4.79 Å². The van der Waals surface area contributed by atoms with Crippen LogP contribution < -0.4 is 0 Å². The Morgan fingerprint density at radius 2 is 2.00 bits per heavy atom. The van der Waals surface area contributed by atoms with Crippen LogP contribution in [-0.2, 0) is 0 Å². The average Bonchev–Trinajstić information content (AvgIpc) is 2.56. The average molecular weight is 216 g/mol. The number of carbonyl (C=O) groups excluding carboxylic acids is 1. The maximum absolute atomic E-state index is 11.4. The van der Waals surface area contributed by atoms with Crippen molar-refractivity contribution in [1.82, 2.24) is 0 Å². The Morgan fingerprint density at radius 1 is 1.31 bits per heavy atom. The Hall–Kier alpha value is -1.57. The maximum Gasteiger partial charge on any atom is 0.195 e. The third-order valence-corrected chi connectivity index (χ3v) is 2.95. The Balaban J connectivity index is 2.69. The van der Waals surface area contributed by atoms with E-state index in [-0.39, 0.29) is 5.78 Å². The van der Waals surface area contributed by atoms with Crippen molar-refractivity contribution in [1.29, 1.82) is 0 Å². The third-order valence-electron chi connectivity index (χ3n) is 2.95. The van der Waals surface area contributed by atoms with Crippen LogP contribution in [-0.4, -0.2) is 5.78 Å². The van der Waals surface area contributed by atoms with Gasteiger partial charge in [0.05, 0.1) is 0 Å². The van der Waals surface area contributed by atoms with Gasteiger partial charge < -0.3 is 4.42 Å². The molecule has 2 heteroatoms. The molecule has 2 aromatic rings. The van der Waals surface area contributed by atoms with E-state index in [4.69, 9.17) is 4.42 Å². The minimum Gasteiger partial charge on any atom is -0.453 e. The molecule has 0 saturated heterocycles. The Kier molecular flexibility index (Phi) is 2.58. The zero-order valence-electron chi connectivity index (χ0n) is 10.1. The van der Waals surface area contributed by atoms with Crippen LogP contribution in [0, 0.1) is 6.92 Å². The lowest BCUT2D eigenvalue weighted by atomic mass is 10.0. The zero-order chi connectivity index (χ0) is 11.9. The molecule has 0 aliphatic heterocycles. The highest BCUT2D eigenvalue weighted by atomic mass is 16.3. The van der Waals surface area contributed by atoms with Gasteiger partial charge in [-0.1, -0.05) is 19.9 Å². The molecule has 16 heavy (non-hydrogen) atoms. The lowest BCUT2D eigenvalue weighted by Crippen LogP contribution is -1.90. The summed E-state index contributed by atoms with van der Waals surface area (Å²) in [6, 6.07) is 6.12. The second-order valence-corrected chi connectivity index (χ2v) is 4.52. The van der Waals surface area contributed by atoms with Crippen LogP contribution in [0.3, 0.4) is 0 Å². The zero-order valence-corrected chi connectivity index (χ0v) is 10.1. The van der Waals surface area contributed by atoms with Crippen LogP contribution in [0.25, 0.3) is 11.0 Å². The van der Waals surface area contributed by atoms with Crippen LogP contribution in [0.2, 0.25) is 0 Å². The van der Waals surface area contributed by atoms with Crippen LogP contribution >= 0.6 is 0 Å². The van der Waals surface area contributed by atoms with E-state index in [2.05, 4.69) is 26.0 Å². The smallest absolute Gasteiger partial charge is 0.195 e. The summed E-state index contributed by atoms with van der Waals surface area (Å²) in [5.74, 6) is 0.954. The summed E-state index contributed by atoms with van der Waals surface area (Å²) in [5, 5.41) is 1.05. The van der Waals surface area contributed by atoms with Crippen LogP contribution in [0.5, 0.6) is 0 Å². The Morgan fingerprint density at radius 3 is 2.56 bits per heavy atom. The molecule has 0 atom stereocenters. The van der Waals surface area contributed by atoms with Crippen LogP contribution in [0.15, 0.2) is 22.6 Å². The van der Waals surface area contributed by atoms with Gasteiger partial charge in [0.1, 0.15) is 5.58 Å². The summed E-state index contributed by atoms with van der Waals surface area (Å²) in [7, 11) is 0. The number of aryl methyl sites for hydroxylation is 1. The van der Waals surface area contributed by atoms with E-state index in [1.165, 1.54) is 12.5 Å². The number of furan rings is 1. The molecule has 0 spiro atoms. The van der Waals surface area contributed by atoms with Gasteiger partial charge in [0.15, 0.2) is 11.5 Å². The van der Waals surface area contributed by atoms with E-state index in [0.29, 0.717) is 11.7 Å². The number of hydrogen-bond donors (Lipinski definition) is 0. The van der Waals surface area contributed by atoms with E-state index in [1.807, 2.05) is 13.0 Å². The van der Waals surface area contributed by atoms with Crippen molar-refractivity contribution in [2.45, 2.75) is 33.6 Å². The highest BCUT2D eigenvalue weighted by Gasteiger charge is 2.14. The van der Waals surface area contributed by atoms with Gasteiger partial charge in [0, 0.05) is 17.9 Å². The van der Waals surface area contributed by atoms with Gasteiger partial charge in [-0.2, -0.15) is 0 Å². The fourth-order valence-electron chi connectivity index (χ4n) is 1.93. The number of rotatable bonds is 2. The van der Waals surface area contributed by atoms with Crippen molar-refractivity contribution in [2.24, 2.45) is 0 Å². The minimum absolute atomic E-state index is 0.0141. The SMILES string of the molecule is CC(=O)c1oc2ccc(C(C)C)cc2c1C. The normalized spacial score (nSPS) is 11.3. The molecule has 0 saturated carbocycles. The monoisotopic (exact) mass is 216 g/mol. The molecule has 2 rings (SSSR count). The molecule has 1 aromatic heterocycles. The largest absolute Gasteiger partial charge is 0.453 e. The van der Waals surface area contributed by atoms with E-state index in [0.717, 1.165) is 16.5 Å². The molecule has 0 N–H and O–H groups in total. The van der Waals surface area contributed by atoms with Gasteiger partial charge in [0.25, 0.3) is 0 Å². The van der Waals surface area contributed by atoms with Crippen molar-refractivity contribution in [3.63, 3.8) is 0 Å². The second kappa shape index (κ2) is 3.78. The van der Waals surface area contributed by atoms with Crippen molar-refractivity contribution in [2.75, 3.05) is 0 Å². The fraction of sp³-hybridized carbons (Fsp3) is 0.357. The van der Waals surface area contributed by atoms with Crippen molar-refractivity contribution < 1.29 is 9.21 Å². The molecule has 0 amide bonds. The van der Waals surface area contributed by atoms with Gasteiger partial charge in [-0.3, -0.25) is 4.79 Å². The summed E-state index contributed by atoms with van der Waals surface area (Å²) >= 11 is 0. The molecule has 0 aliphatic carbocycles. The van der Waals surface area contributed by atoms with E-state index < -0.39 is 0 Å². The number of fused-ring (bicyclic) bond motifs is 1. The standard InChI is InChI=1S/C14H16O2/c1-8(2)11-5-6-13-12(7-11)9(3)14(16-13)10(4)15/h5-8H,1-4H3. The molecule has 2 nitrogen and oxygen atoms in total. The molecule has 0 unspecified atom stereocenters. The highest BCUT2D eigenvalue weighted by Crippen LogP contribution is 2.28. The number of ketones is 1. The third kappa shape index (κ3) is 1.64. The molecule has 0 fully saturated rings. The van der Waals surface area contributed by atoms with Crippen LogP contribution in [0.1, 0.15) is 48.4 Å². The quantitative estimate of drug-likeness (QED) is 0.708.